The summed E-state index contributed by atoms with van der Waals surface area (Å²) in [5.74, 6) is -5.98. The summed E-state index contributed by atoms with van der Waals surface area (Å²) in [4.78, 5) is 0. The molecule has 0 spiro atoms. The summed E-state index contributed by atoms with van der Waals surface area (Å²) in [6.07, 6.45) is -5.62. The van der Waals surface area contributed by atoms with Gasteiger partial charge in [0.1, 0.15) is 0 Å². The van der Waals surface area contributed by atoms with Crippen LogP contribution < -0.4 is 4.57 Å². The van der Waals surface area contributed by atoms with Crippen LogP contribution in [0.25, 0.3) is 11.0 Å². The zero-order valence-electron chi connectivity index (χ0n) is 9.59. The van der Waals surface area contributed by atoms with Crippen LogP contribution in [0.1, 0.15) is 5.82 Å². The molecule has 1 aromatic carbocycles. The Morgan fingerprint density at radius 1 is 1.06 bits per heavy atom. The minimum atomic E-state index is -5.62. The van der Waals surface area contributed by atoms with E-state index in [9.17, 15) is 22.0 Å². The van der Waals surface area contributed by atoms with Crippen LogP contribution in [0.3, 0.4) is 0 Å². The lowest BCUT2D eigenvalue weighted by molar-refractivity contribution is -0.667. The number of rotatable bonds is 1. The molecule has 0 aliphatic carbocycles. The first-order chi connectivity index (χ1) is 8.18. The summed E-state index contributed by atoms with van der Waals surface area (Å²) in [7, 11) is 2.38. The molecule has 98 valence electrons. The molecule has 0 saturated carbocycles. The van der Waals surface area contributed by atoms with E-state index in [4.69, 9.17) is 0 Å². The van der Waals surface area contributed by atoms with Gasteiger partial charge in [0.25, 0.3) is 0 Å². The summed E-state index contributed by atoms with van der Waals surface area (Å²) in [5.41, 5.74) is 0.637. The van der Waals surface area contributed by atoms with Gasteiger partial charge < -0.3 is 0 Å². The van der Waals surface area contributed by atoms with Gasteiger partial charge in [0.15, 0.2) is 11.0 Å². The molecule has 7 heteroatoms. The molecule has 0 fully saturated rings. The van der Waals surface area contributed by atoms with E-state index in [1.54, 1.807) is 12.1 Å². The van der Waals surface area contributed by atoms with Crippen molar-refractivity contribution in [2.45, 2.75) is 12.1 Å². The molecular formula is C11H10F5N2+. The van der Waals surface area contributed by atoms with Gasteiger partial charge in [0.2, 0.25) is 0 Å². The fourth-order valence-corrected chi connectivity index (χ4v) is 2.03. The van der Waals surface area contributed by atoms with Crippen LogP contribution in [0.15, 0.2) is 24.3 Å². The third-order valence-corrected chi connectivity index (χ3v) is 2.88. The zero-order chi connectivity index (χ0) is 13.7. The van der Waals surface area contributed by atoms with Gasteiger partial charge in [-0.3, -0.25) is 0 Å². The van der Waals surface area contributed by atoms with Crippen molar-refractivity contribution in [2.24, 2.45) is 14.1 Å². The molecule has 2 rings (SSSR count). The lowest BCUT2D eigenvalue weighted by Crippen LogP contribution is -2.46. The van der Waals surface area contributed by atoms with E-state index in [1.165, 1.54) is 26.2 Å². The van der Waals surface area contributed by atoms with Crippen molar-refractivity contribution < 1.29 is 26.5 Å². The number of aromatic nitrogens is 2. The lowest BCUT2D eigenvalue weighted by atomic mass is 10.3. The van der Waals surface area contributed by atoms with Crippen molar-refractivity contribution in [3.05, 3.63) is 30.1 Å². The Hall–Kier alpha value is -1.66. The minimum Gasteiger partial charge on any atom is -0.224 e. The van der Waals surface area contributed by atoms with Gasteiger partial charge in [-0.25, -0.2) is 9.13 Å². The molecule has 0 atom stereocenters. The largest absolute Gasteiger partial charge is 0.466 e. The number of halogens is 5. The smallest absolute Gasteiger partial charge is 0.224 e. The highest BCUT2D eigenvalue weighted by Crippen LogP contribution is 2.43. The molecule has 0 amide bonds. The molecule has 0 unspecified atom stereocenters. The molecule has 2 aromatic rings. The maximum absolute atomic E-state index is 13.5. The number of aryl methyl sites for hydroxylation is 2. The van der Waals surface area contributed by atoms with Crippen molar-refractivity contribution >= 4 is 11.0 Å². The monoisotopic (exact) mass is 265 g/mol. The van der Waals surface area contributed by atoms with Crippen LogP contribution in [0.2, 0.25) is 0 Å². The Morgan fingerprint density at radius 2 is 1.61 bits per heavy atom. The molecule has 2 nitrogen and oxygen atoms in total. The van der Waals surface area contributed by atoms with Crippen LogP contribution in [-0.2, 0) is 20.0 Å². The normalized spacial score (nSPS) is 13.3. The van der Waals surface area contributed by atoms with Crippen molar-refractivity contribution in [3.8, 4) is 0 Å². The number of imidazole rings is 1. The predicted octanol–water partition coefficient (Wildman–Crippen LogP) is 2.66. The molecule has 0 saturated heterocycles. The van der Waals surface area contributed by atoms with Crippen molar-refractivity contribution in [1.82, 2.24) is 4.57 Å². The Balaban J connectivity index is 2.81. The number of benzene rings is 1. The predicted molar refractivity (Wildman–Crippen MR) is 54.0 cm³/mol. The van der Waals surface area contributed by atoms with Crippen LogP contribution in [0.5, 0.6) is 0 Å². The van der Waals surface area contributed by atoms with Gasteiger partial charge in [0.05, 0.1) is 14.1 Å². The number of nitrogens with zero attached hydrogens (tertiary/aromatic N) is 2. The summed E-state index contributed by atoms with van der Waals surface area (Å²) in [5, 5.41) is 0. The standard InChI is InChI=1S/C11H10F5N2/c1-17-7-5-3-4-6-8(7)18(2)9(17)10(12,13)11(14,15)16/h3-6H,1-2H3/q+1. The van der Waals surface area contributed by atoms with Gasteiger partial charge in [0, 0.05) is 0 Å². The van der Waals surface area contributed by atoms with E-state index in [1.807, 2.05) is 0 Å². The first-order valence-electron chi connectivity index (χ1n) is 5.06. The van der Waals surface area contributed by atoms with Crippen molar-refractivity contribution in [2.75, 3.05) is 0 Å². The van der Waals surface area contributed by atoms with E-state index in [0.29, 0.717) is 11.0 Å². The highest BCUT2D eigenvalue weighted by molar-refractivity contribution is 5.72. The summed E-state index contributed by atoms with van der Waals surface area (Å²) < 4.78 is 65.9. The quantitative estimate of drug-likeness (QED) is 0.553. The fourth-order valence-electron chi connectivity index (χ4n) is 2.03. The first-order valence-corrected chi connectivity index (χ1v) is 5.06. The van der Waals surface area contributed by atoms with Crippen LogP contribution >= 0.6 is 0 Å². The maximum atomic E-state index is 13.5. The third kappa shape index (κ3) is 1.57. The number of fused-ring (bicyclic) bond motifs is 1. The van der Waals surface area contributed by atoms with E-state index in [0.717, 1.165) is 9.13 Å². The molecule has 18 heavy (non-hydrogen) atoms. The summed E-state index contributed by atoms with van der Waals surface area (Å²) >= 11 is 0. The molecule has 0 aliphatic rings. The molecule has 1 heterocycles. The van der Waals surface area contributed by atoms with E-state index < -0.39 is 17.9 Å². The molecule has 0 aliphatic heterocycles. The second-order valence-electron chi connectivity index (χ2n) is 4.00. The van der Waals surface area contributed by atoms with Crippen LogP contribution in [0.4, 0.5) is 22.0 Å². The Labute approximate surface area is 99.2 Å². The second-order valence-corrected chi connectivity index (χ2v) is 4.00. The molecule has 0 N–H and O–H groups in total. The summed E-state index contributed by atoms with van der Waals surface area (Å²) in [6, 6.07) is 6.15. The number of alkyl halides is 5. The highest BCUT2D eigenvalue weighted by atomic mass is 19.4. The fraction of sp³-hybridized carbons (Fsp3) is 0.364. The number of para-hydroxylation sites is 2. The van der Waals surface area contributed by atoms with Gasteiger partial charge in [-0.05, 0) is 12.1 Å². The van der Waals surface area contributed by atoms with E-state index in [-0.39, 0.29) is 0 Å². The lowest BCUT2D eigenvalue weighted by Gasteiger charge is -2.16. The zero-order valence-corrected chi connectivity index (χ0v) is 9.59. The van der Waals surface area contributed by atoms with Gasteiger partial charge >= 0.3 is 17.9 Å². The highest BCUT2D eigenvalue weighted by Gasteiger charge is 2.66. The van der Waals surface area contributed by atoms with E-state index >= 15 is 0 Å². The maximum Gasteiger partial charge on any atom is 0.466 e. The Morgan fingerprint density at radius 3 is 2.11 bits per heavy atom. The van der Waals surface area contributed by atoms with E-state index in [2.05, 4.69) is 0 Å². The van der Waals surface area contributed by atoms with Crippen molar-refractivity contribution in [3.63, 3.8) is 0 Å². The summed E-state index contributed by atoms with van der Waals surface area (Å²) in [6.45, 7) is 0. The van der Waals surface area contributed by atoms with Crippen LogP contribution in [0, 0.1) is 0 Å². The Kier molecular flexibility index (Phi) is 2.60. The second kappa shape index (κ2) is 3.66. The Bertz CT molecular complexity index is 558. The van der Waals surface area contributed by atoms with Gasteiger partial charge in [-0.15, -0.1) is 0 Å². The third-order valence-electron chi connectivity index (χ3n) is 2.88. The van der Waals surface area contributed by atoms with Gasteiger partial charge in [-0.1, -0.05) is 12.1 Å². The average molecular weight is 265 g/mol. The topological polar surface area (TPSA) is 8.81 Å². The average Bonchev–Trinajstić information content (AvgIpc) is 2.51. The number of hydrogen-bond acceptors (Lipinski definition) is 0. The van der Waals surface area contributed by atoms with Crippen LogP contribution in [-0.4, -0.2) is 10.7 Å². The van der Waals surface area contributed by atoms with Gasteiger partial charge in [-0.2, -0.15) is 22.0 Å². The SMILES string of the molecule is Cn1c(C(F)(F)C(F)(F)F)[n+](C)c2ccccc21. The first kappa shape index (κ1) is 12.8. The number of hydrogen-bond donors (Lipinski definition) is 0. The minimum absolute atomic E-state index is 0.318. The molecule has 0 bridgehead atoms. The molecular weight excluding hydrogens is 255 g/mol. The van der Waals surface area contributed by atoms with Crippen molar-refractivity contribution in [1.29, 1.82) is 0 Å². The molecule has 1 aromatic heterocycles. The molecule has 0 radical (unpaired) electrons.